The zero-order valence-electron chi connectivity index (χ0n) is 12.6. The van der Waals surface area contributed by atoms with Crippen LogP contribution in [0, 0.1) is 24.0 Å². The maximum Gasteiger partial charge on any atom is 0.273 e. The molecule has 0 aliphatic heterocycles. The zero-order valence-corrected chi connectivity index (χ0v) is 12.6. The molecule has 116 valence electrons. The van der Waals surface area contributed by atoms with E-state index >= 15 is 0 Å². The molecular formula is C17H14N2O4. The van der Waals surface area contributed by atoms with Gasteiger partial charge in [-0.15, -0.1) is 0 Å². The third-order valence-corrected chi connectivity index (χ3v) is 3.92. The Morgan fingerprint density at radius 3 is 2.52 bits per heavy atom. The molecule has 2 N–H and O–H groups in total. The van der Waals surface area contributed by atoms with Crippen LogP contribution in [0.2, 0.25) is 0 Å². The SMILES string of the molecule is Cc1c([N+](=O)[O-])cc2c(=O)cc(-c3cccc(N)c3)oc2c1C. The molecule has 0 bridgehead atoms. The third-order valence-electron chi connectivity index (χ3n) is 3.92. The Bertz CT molecular complexity index is 1010. The van der Waals surface area contributed by atoms with Gasteiger partial charge in [-0.25, -0.2) is 0 Å². The van der Waals surface area contributed by atoms with Gasteiger partial charge < -0.3 is 10.2 Å². The fraction of sp³-hybridized carbons (Fsp3) is 0.118. The first-order chi connectivity index (χ1) is 10.9. The Morgan fingerprint density at radius 2 is 1.87 bits per heavy atom. The highest BCUT2D eigenvalue weighted by atomic mass is 16.6. The van der Waals surface area contributed by atoms with Crippen LogP contribution in [0.4, 0.5) is 11.4 Å². The van der Waals surface area contributed by atoms with Gasteiger partial charge in [-0.05, 0) is 26.0 Å². The van der Waals surface area contributed by atoms with Crippen molar-refractivity contribution in [1.29, 1.82) is 0 Å². The Labute approximate surface area is 131 Å². The lowest BCUT2D eigenvalue weighted by atomic mass is 10.0. The second kappa shape index (κ2) is 5.24. The summed E-state index contributed by atoms with van der Waals surface area (Å²) in [4.78, 5) is 23.0. The van der Waals surface area contributed by atoms with Crippen LogP contribution in [0.25, 0.3) is 22.3 Å². The van der Waals surface area contributed by atoms with Crippen molar-refractivity contribution in [2.45, 2.75) is 13.8 Å². The number of nitrogens with zero attached hydrogens (tertiary/aromatic N) is 1. The molecule has 0 spiro atoms. The fourth-order valence-electron chi connectivity index (χ4n) is 2.55. The first-order valence-corrected chi connectivity index (χ1v) is 6.97. The average Bonchev–Trinajstić information content (AvgIpc) is 2.50. The fourth-order valence-corrected chi connectivity index (χ4v) is 2.55. The molecule has 1 aromatic heterocycles. The van der Waals surface area contributed by atoms with E-state index in [-0.39, 0.29) is 16.5 Å². The van der Waals surface area contributed by atoms with Gasteiger partial charge in [0.1, 0.15) is 11.3 Å². The van der Waals surface area contributed by atoms with Crippen LogP contribution in [0.15, 0.2) is 45.6 Å². The molecule has 0 fully saturated rings. The summed E-state index contributed by atoms with van der Waals surface area (Å²) in [7, 11) is 0. The number of rotatable bonds is 2. The molecule has 0 amide bonds. The van der Waals surface area contributed by atoms with Crippen LogP contribution >= 0.6 is 0 Å². The number of aryl methyl sites for hydroxylation is 1. The second-order valence-corrected chi connectivity index (χ2v) is 5.38. The Balaban J connectivity index is 2.35. The van der Waals surface area contributed by atoms with Crippen molar-refractivity contribution < 1.29 is 9.34 Å². The van der Waals surface area contributed by atoms with E-state index in [1.165, 1.54) is 12.1 Å². The van der Waals surface area contributed by atoms with Crippen LogP contribution in [-0.2, 0) is 0 Å². The number of nitro groups is 1. The number of fused-ring (bicyclic) bond motifs is 1. The summed E-state index contributed by atoms with van der Waals surface area (Å²) in [5, 5.41) is 11.3. The van der Waals surface area contributed by atoms with Gasteiger partial charge in [0, 0.05) is 34.5 Å². The number of benzene rings is 2. The highest BCUT2D eigenvalue weighted by Crippen LogP contribution is 2.31. The van der Waals surface area contributed by atoms with E-state index in [4.69, 9.17) is 10.2 Å². The molecule has 1 heterocycles. The molecule has 3 aromatic rings. The van der Waals surface area contributed by atoms with E-state index < -0.39 is 4.92 Å². The van der Waals surface area contributed by atoms with E-state index in [1.54, 1.807) is 38.1 Å². The number of hydrogen-bond donors (Lipinski definition) is 1. The standard InChI is InChI=1S/C17H14N2O4/c1-9-10(2)17-13(7-14(9)19(21)22)15(20)8-16(23-17)11-4-3-5-12(18)6-11/h3-8H,18H2,1-2H3. The van der Waals surface area contributed by atoms with Crippen LogP contribution in [-0.4, -0.2) is 4.92 Å². The third kappa shape index (κ3) is 2.44. The molecule has 0 saturated heterocycles. The monoisotopic (exact) mass is 310 g/mol. The van der Waals surface area contributed by atoms with Gasteiger partial charge in [0.2, 0.25) is 0 Å². The van der Waals surface area contributed by atoms with Gasteiger partial charge in [0.05, 0.1) is 10.3 Å². The Kier molecular flexibility index (Phi) is 3.37. The van der Waals surface area contributed by atoms with Crippen molar-refractivity contribution >= 4 is 22.3 Å². The smallest absolute Gasteiger partial charge is 0.273 e. The molecule has 6 heteroatoms. The van der Waals surface area contributed by atoms with Crippen LogP contribution < -0.4 is 11.2 Å². The molecule has 0 aliphatic carbocycles. The van der Waals surface area contributed by atoms with Crippen LogP contribution in [0.3, 0.4) is 0 Å². The molecule has 3 rings (SSSR count). The number of nitro benzene ring substituents is 1. The van der Waals surface area contributed by atoms with E-state index in [9.17, 15) is 14.9 Å². The Hall–Kier alpha value is -3.15. The lowest BCUT2D eigenvalue weighted by molar-refractivity contribution is -0.385. The minimum atomic E-state index is -0.493. The molecule has 0 unspecified atom stereocenters. The molecular weight excluding hydrogens is 296 g/mol. The minimum absolute atomic E-state index is 0.0843. The molecule has 2 aromatic carbocycles. The number of nitrogen functional groups attached to an aromatic ring is 1. The van der Waals surface area contributed by atoms with Crippen molar-refractivity contribution in [1.82, 2.24) is 0 Å². The van der Waals surface area contributed by atoms with Crippen LogP contribution in [0.1, 0.15) is 11.1 Å². The highest BCUT2D eigenvalue weighted by molar-refractivity contribution is 5.85. The minimum Gasteiger partial charge on any atom is -0.456 e. The van der Waals surface area contributed by atoms with E-state index in [2.05, 4.69) is 0 Å². The lowest BCUT2D eigenvalue weighted by Gasteiger charge is -2.08. The topological polar surface area (TPSA) is 99.4 Å². The number of anilines is 1. The van der Waals surface area contributed by atoms with Gasteiger partial charge in [0.15, 0.2) is 5.43 Å². The zero-order chi connectivity index (χ0) is 16.7. The number of hydrogen-bond acceptors (Lipinski definition) is 5. The summed E-state index contributed by atoms with van der Waals surface area (Å²) in [5.74, 6) is 0.381. The van der Waals surface area contributed by atoms with E-state index in [0.29, 0.717) is 33.7 Å². The second-order valence-electron chi connectivity index (χ2n) is 5.38. The predicted octanol–water partition coefficient (Wildman–Crippen LogP) is 3.57. The molecule has 0 radical (unpaired) electrons. The molecule has 0 atom stereocenters. The Morgan fingerprint density at radius 1 is 1.13 bits per heavy atom. The number of nitrogens with two attached hydrogens (primary N) is 1. The van der Waals surface area contributed by atoms with Gasteiger partial charge >= 0.3 is 0 Å². The van der Waals surface area contributed by atoms with Crippen molar-refractivity contribution in [3.63, 3.8) is 0 Å². The maximum atomic E-state index is 12.4. The molecule has 0 aliphatic rings. The summed E-state index contributed by atoms with van der Waals surface area (Å²) in [6.07, 6.45) is 0. The molecule has 0 saturated carbocycles. The summed E-state index contributed by atoms with van der Waals surface area (Å²) >= 11 is 0. The van der Waals surface area contributed by atoms with Gasteiger partial charge in [0.25, 0.3) is 5.69 Å². The molecule has 6 nitrogen and oxygen atoms in total. The summed E-state index contributed by atoms with van der Waals surface area (Å²) < 4.78 is 5.85. The van der Waals surface area contributed by atoms with E-state index in [1.807, 2.05) is 0 Å². The van der Waals surface area contributed by atoms with Gasteiger partial charge in [-0.1, -0.05) is 12.1 Å². The summed E-state index contributed by atoms with van der Waals surface area (Å²) in [6, 6.07) is 9.60. The van der Waals surface area contributed by atoms with E-state index in [0.717, 1.165) is 0 Å². The lowest BCUT2D eigenvalue weighted by Crippen LogP contribution is -2.04. The predicted molar refractivity (Wildman–Crippen MR) is 88.5 cm³/mol. The highest BCUT2D eigenvalue weighted by Gasteiger charge is 2.19. The van der Waals surface area contributed by atoms with Crippen molar-refractivity contribution in [3.8, 4) is 11.3 Å². The van der Waals surface area contributed by atoms with Crippen molar-refractivity contribution in [2.75, 3.05) is 5.73 Å². The van der Waals surface area contributed by atoms with Crippen molar-refractivity contribution in [3.05, 3.63) is 67.9 Å². The summed E-state index contributed by atoms with van der Waals surface area (Å²) in [6.45, 7) is 3.34. The summed E-state index contributed by atoms with van der Waals surface area (Å²) in [5.41, 5.74) is 8.01. The maximum absolute atomic E-state index is 12.4. The first kappa shape index (κ1) is 14.8. The quantitative estimate of drug-likeness (QED) is 0.443. The van der Waals surface area contributed by atoms with Crippen molar-refractivity contribution in [2.24, 2.45) is 0 Å². The van der Waals surface area contributed by atoms with Gasteiger partial charge in [-0.3, -0.25) is 14.9 Å². The largest absolute Gasteiger partial charge is 0.456 e. The first-order valence-electron chi connectivity index (χ1n) is 6.97. The molecule has 23 heavy (non-hydrogen) atoms. The van der Waals surface area contributed by atoms with Gasteiger partial charge in [-0.2, -0.15) is 0 Å². The normalized spacial score (nSPS) is 10.9. The average molecular weight is 310 g/mol. The van der Waals surface area contributed by atoms with Crippen LogP contribution in [0.5, 0.6) is 0 Å².